The first-order valence-electron chi connectivity index (χ1n) is 6.95. The van der Waals surface area contributed by atoms with Crippen molar-refractivity contribution in [2.75, 3.05) is 33.8 Å². The molecule has 0 saturated heterocycles. The minimum atomic E-state index is 0. The van der Waals surface area contributed by atoms with Crippen LogP contribution in [0.5, 0.6) is 5.75 Å². The molecule has 0 bridgehead atoms. The summed E-state index contributed by atoms with van der Waals surface area (Å²) in [5.74, 6) is 0.870. The summed E-state index contributed by atoms with van der Waals surface area (Å²) in [6.07, 6.45) is 1.20. The van der Waals surface area contributed by atoms with Crippen LogP contribution >= 0.6 is 24.8 Å². The van der Waals surface area contributed by atoms with Crippen LogP contribution in [0, 0.1) is 0 Å². The van der Waals surface area contributed by atoms with Crippen LogP contribution in [0.4, 0.5) is 0 Å². The molecule has 1 aromatic carbocycles. The Morgan fingerprint density at radius 3 is 2.68 bits per heavy atom. The van der Waals surface area contributed by atoms with Gasteiger partial charge in [0.25, 0.3) is 0 Å². The van der Waals surface area contributed by atoms with Crippen molar-refractivity contribution in [2.45, 2.75) is 19.4 Å². The van der Waals surface area contributed by atoms with Crippen molar-refractivity contribution in [3.63, 3.8) is 0 Å². The Morgan fingerprint density at radius 1 is 1.32 bits per heavy atom. The Balaban J connectivity index is 0. The molecule has 0 spiro atoms. The zero-order valence-corrected chi connectivity index (χ0v) is 14.8. The van der Waals surface area contributed by atoms with Gasteiger partial charge in [0.15, 0.2) is 0 Å². The van der Waals surface area contributed by atoms with Crippen molar-refractivity contribution in [3.05, 3.63) is 29.8 Å². The van der Waals surface area contributed by atoms with Gasteiger partial charge < -0.3 is 20.7 Å². The van der Waals surface area contributed by atoms with Crippen molar-refractivity contribution >= 4 is 30.7 Å². The number of halogens is 2. The first-order chi connectivity index (χ1) is 9.61. The summed E-state index contributed by atoms with van der Waals surface area (Å²) in [5.41, 5.74) is 6.41. The molecule has 0 aliphatic heterocycles. The second-order valence-electron chi connectivity index (χ2n) is 4.97. The van der Waals surface area contributed by atoms with E-state index in [1.165, 1.54) is 0 Å². The number of carbonyl (C=O) groups is 1. The van der Waals surface area contributed by atoms with E-state index in [0.29, 0.717) is 26.1 Å². The lowest BCUT2D eigenvalue weighted by molar-refractivity contribution is -0.121. The largest absolute Gasteiger partial charge is 0.492 e. The van der Waals surface area contributed by atoms with Gasteiger partial charge in [0.05, 0.1) is 0 Å². The Kier molecular flexibility index (Phi) is 14.4. The van der Waals surface area contributed by atoms with Crippen molar-refractivity contribution in [1.29, 1.82) is 0 Å². The third-order valence-corrected chi connectivity index (χ3v) is 2.80. The van der Waals surface area contributed by atoms with Crippen LogP contribution < -0.4 is 15.8 Å². The Labute approximate surface area is 145 Å². The molecule has 0 atom stereocenters. The summed E-state index contributed by atoms with van der Waals surface area (Å²) < 4.78 is 5.66. The van der Waals surface area contributed by atoms with E-state index in [-0.39, 0.29) is 30.7 Å². The summed E-state index contributed by atoms with van der Waals surface area (Å²) in [5, 5.41) is 2.88. The van der Waals surface area contributed by atoms with Gasteiger partial charge in [0.2, 0.25) is 5.91 Å². The van der Waals surface area contributed by atoms with Crippen LogP contribution in [0.1, 0.15) is 18.4 Å². The molecule has 0 aromatic heterocycles. The predicted molar refractivity (Wildman–Crippen MR) is 95.1 cm³/mol. The van der Waals surface area contributed by atoms with Crippen molar-refractivity contribution in [1.82, 2.24) is 10.2 Å². The molecule has 0 radical (unpaired) electrons. The summed E-state index contributed by atoms with van der Waals surface area (Å²) in [7, 11) is 4.02. The van der Waals surface area contributed by atoms with Crippen LogP contribution in [-0.4, -0.2) is 44.6 Å². The molecule has 1 amide bonds. The summed E-state index contributed by atoms with van der Waals surface area (Å²) >= 11 is 0. The second kappa shape index (κ2) is 13.6. The SMILES string of the molecule is CN(C)CCOc1cccc(CNC(=O)CCCN)c1.Cl.Cl. The lowest BCUT2D eigenvalue weighted by Crippen LogP contribution is -2.23. The minimum Gasteiger partial charge on any atom is -0.492 e. The highest BCUT2D eigenvalue weighted by atomic mass is 35.5. The van der Waals surface area contributed by atoms with Crippen LogP contribution in [-0.2, 0) is 11.3 Å². The minimum absolute atomic E-state index is 0. The first-order valence-corrected chi connectivity index (χ1v) is 6.95. The fraction of sp³-hybridized carbons (Fsp3) is 0.533. The van der Waals surface area contributed by atoms with Crippen molar-refractivity contribution < 1.29 is 9.53 Å². The lowest BCUT2D eigenvalue weighted by Gasteiger charge is -2.12. The van der Waals surface area contributed by atoms with Crippen LogP contribution in [0.15, 0.2) is 24.3 Å². The number of rotatable bonds is 9. The topological polar surface area (TPSA) is 67.6 Å². The van der Waals surface area contributed by atoms with Crippen LogP contribution in [0.2, 0.25) is 0 Å². The number of carbonyl (C=O) groups excluding carboxylic acids is 1. The molecule has 22 heavy (non-hydrogen) atoms. The monoisotopic (exact) mass is 351 g/mol. The molecule has 128 valence electrons. The standard InChI is InChI=1S/C15H25N3O2.2ClH/c1-18(2)9-10-20-14-6-3-5-13(11-14)12-17-15(19)7-4-8-16;;/h3,5-6,11H,4,7-10,12,16H2,1-2H3,(H,17,19);2*1H. The lowest BCUT2D eigenvalue weighted by atomic mass is 10.2. The van der Waals surface area contributed by atoms with Gasteiger partial charge in [-0.05, 0) is 44.8 Å². The molecule has 0 aliphatic rings. The van der Waals surface area contributed by atoms with Gasteiger partial charge in [-0.2, -0.15) is 0 Å². The Bertz CT molecular complexity index is 418. The van der Waals surface area contributed by atoms with E-state index in [1.54, 1.807) is 0 Å². The van der Waals surface area contributed by atoms with Gasteiger partial charge in [0.1, 0.15) is 12.4 Å². The molecule has 1 rings (SSSR count). The highest BCUT2D eigenvalue weighted by Gasteiger charge is 2.02. The molecule has 5 nitrogen and oxygen atoms in total. The average molecular weight is 352 g/mol. The van der Waals surface area contributed by atoms with Crippen molar-refractivity contribution in [2.24, 2.45) is 5.73 Å². The molecule has 1 aromatic rings. The number of hydrogen-bond acceptors (Lipinski definition) is 4. The third kappa shape index (κ3) is 10.7. The highest BCUT2D eigenvalue weighted by molar-refractivity contribution is 5.85. The smallest absolute Gasteiger partial charge is 0.220 e. The molecule has 3 N–H and O–H groups in total. The van der Waals surface area contributed by atoms with E-state index >= 15 is 0 Å². The zero-order chi connectivity index (χ0) is 14.8. The quantitative estimate of drug-likeness (QED) is 0.712. The number of hydrogen-bond donors (Lipinski definition) is 2. The molecular weight excluding hydrogens is 325 g/mol. The Morgan fingerprint density at radius 2 is 2.05 bits per heavy atom. The van der Waals surface area contributed by atoms with E-state index in [4.69, 9.17) is 10.5 Å². The summed E-state index contributed by atoms with van der Waals surface area (Å²) in [6.45, 7) is 2.59. The van der Waals surface area contributed by atoms with Gasteiger partial charge in [0, 0.05) is 19.5 Å². The third-order valence-electron chi connectivity index (χ3n) is 2.80. The maximum atomic E-state index is 11.5. The number of benzene rings is 1. The maximum Gasteiger partial charge on any atom is 0.220 e. The highest BCUT2D eigenvalue weighted by Crippen LogP contribution is 2.13. The Hall–Kier alpha value is -1.01. The summed E-state index contributed by atoms with van der Waals surface area (Å²) in [6, 6.07) is 7.79. The molecule has 0 saturated carbocycles. The fourth-order valence-electron chi connectivity index (χ4n) is 1.64. The fourth-order valence-corrected chi connectivity index (χ4v) is 1.64. The molecule has 0 fully saturated rings. The van der Waals surface area contributed by atoms with Gasteiger partial charge in [-0.3, -0.25) is 4.79 Å². The van der Waals surface area contributed by atoms with Gasteiger partial charge >= 0.3 is 0 Å². The van der Waals surface area contributed by atoms with E-state index in [0.717, 1.165) is 24.3 Å². The average Bonchev–Trinajstić information content (AvgIpc) is 2.43. The maximum absolute atomic E-state index is 11.5. The van der Waals surface area contributed by atoms with E-state index < -0.39 is 0 Å². The van der Waals surface area contributed by atoms with Crippen molar-refractivity contribution in [3.8, 4) is 5.75 Å². The number of nitrogens with zero attached hydrogens (tertiary/aromatic N) is 1. The molecule has 0 aliphatic carbocycles. The van der Waals surface area contributed by atoms with Gasteiger partial charge in [-0.1, -0.05) is 12.1 Å². The van der Waals surface area contributed by atoms with Gasteiger partial charge in [-0.25, -0.2) is 0 Å². The molecule has 7 heteroatoms. The number of nitrogens with two attached hydrogens (primary N) is 1. The molecular formula is C15H27Cl2N3O2. The number of amides is 1. The normalized spacial score (nSPS) is 9.64. The summed E-state index contributed by atoms with van der Waals surface area (Å²) in [4.78, 5) is 13.6. The predicted octanol–water partition coefficient (Wildman–Crippen LogP) is 1.83. The first kappa shape index (κ1) is 23.3. The van der Waals surface area contributed by atoms with E-state index in [2.05, 4.69) is 10.2 Å². The van der Waals surface area contributed by atoms with Gasteiger partial charge in [-0.15, -0.1) is 24.8 Å². The van der Waals surface area contributed by atoms with Crippen LogP contribution in [0.3, 0.4) is 0 Å². The zero-order valence-electron chi connectivity index (χ0n) is 13.2. The second-order valence-corrected chi connectivity index (χ2v) is 4.97. The number of ether oxygens (including phenoxy) is 1. The number of likely N-dealkylation sites (N-methyl/N-ethyl adjacent to an activating group) is 1. The number of nitrogens with one attached hydrogen (secondary N) is 1. The van der Waals surface area contributed by atoms with E-state index in [9.17, 15) is 4.79 Å². The molecule has 0 heterocycles. The molecule has 0 unspecified atom stereocenters. The van der Waals surface area contributed by atoms with Crippen LogP contribution in [0.25, 0.3) is 0 Å². The van der Waals surface area contributed by atoms with E-state index in [1.807, 2.05) is 38.4 Å².